The zero-order valence-electron chi connectivity index (χ0n) is 9.35. The van der Waals surface area contributed by atoms with E-state index in [0.717, 1.165) is 37.6 Å². The van der Waals surface area contributed by atoms with E-state index in [1.165, 1.54) is 12.8 Å². The summed E-state index contributed by atoms with van der Waals surface area (Å²) in [5.74, 6) is 2.74. The lowest BCUT2D eigenvalue weighted by Crippen LogP contribution is -2.09. The molecule has 0 bridgehead atoms. The number of hydrogen-bond acceptors (Lipinski definition) is 4. The number of nitrogens with two attached hydrogens (primary N) is 1. The van der Waals surface area contributed by atoms with Crippen LogP contribution in [0.15, 0.2) is 6.07 Å². The fourth-order valence-electron chi connectivity index (χ4n) is 2.22. The number of nitrogen functional groups attached to an aromatic ring is 1. The number of hydrogen-bond donors (Lipinski definition) is 1. The fraction of sp³-hybridized carbons (Fsp3) is 0.667. The van der Waals surface area contributed by atoms with Crippen LogP contribution >= 0.6 is 0 Å². The summed E-state index contributed by atoms with van der Waals surface area (Å²) in [5, 5.41) is 0. The molecule has 4 heteroatoms. The van der Waals surface area contributed by atoms with Gasteiger partial charge < -0.3 is 10.5 Å². The summed E-state index contributed by atoms with van der Waals surface area (Å²) in [6, 6.07) is 1.92. The maximum absolute atomic E-state index is 5.82. The van der Waals surface area contributed by atoms with E-state index in [1.54, 1.807) is 0 Å². The normalized spacial score (nSPS) is 24.9. The summed E-state index contributed by atoms with van der Waals surface area (Å²) in [6.07, 6.45) is 4.53. The van der Waals surface area contributed by atoms with E-state index in [9.17, 15) is 0 Å². The second-order valence-electron chi connectivity index (χ2n) is 4.84. The summed E-state index contributed by atoms with van der Waals surface area (Å²) < 4.78 is 5.36. The highest BCUT2D eigenvalue weighted by atomic mass is 16.5. The zero-order valence-corrected chi connectivity index (χ0v) is 9.35. The Morgan fingerprint density at radius 2 is 2.19 bits per heavy atom. The molecule has 0 aromatic carbocycles. The molecule has 2 N–H and O–H groups in total. The predicted molar refractivity (Wildman–Crippen MR) is 61.0 cm³/mol. The van der Waals surface area contributed by atoms with Crippen LogP contribution in [0, 0.1) is 5.92 Å². The van der Waals surface area contributed by atoms with Gasteiger partial charge in [0.05, 0.1) is 0 Å². The van der Waals surface area contributed by atoms with Gasteiger partial charge >= 0.3 is 0 Å². The molecule has 1 atom stereocenters. The highest BCUT2D eigenvalue weighted by Gasteiger charge is 2.26. The molecule has 4 nitrogen and oxygen atoms in total. The first-order valence-corrected chi connectivity index (χ1v) is 6.02. The highest BCUT2D eigenvalue weighted by Crippen LogP contribution is 2.39. The third-order valence-electron chi connectivity index (χ3n) is 3.30. The summed E-state index contributed by atoms with van der Waals surface area (Å²) >= 11 is 0. The lowest BCUT2D eigenvalue weighted by atomic mass is 10.0. The summed E-state index contributed by atoms with van der Waals surface area (Å²) in [5.41, 5.74) is 6.96. The molecule has 2 aliphatic rings. The molecule has 1 aliphatic heterocycles. The number of rotatable bonds is 3. The molecule has 1 aromatic rings. The van der Waals surface area contributed by atoms with Crippen LogP contribution in [0.2, 0.25) is 0 Å². The summed E-state index contributed by atoms with van der Waals surface area (Å²) in [7, 11) is 0. The van der Waals surface area contributed by atoms with Crippen LogP contribution in [-0.2, 0) is 11.2 Å². The minimum atomic E-state index is 0.578. The van der Waals surface area contributed by atoms with E-state index in [0.29, 0.717) is 17.7 Å². The van der Waals surface area contributed by atoms with Gasteiger partial charge in [-0.05, 0) is 25.2 Å². The van der Waals surface area contributed by atoms with E-state index in [1.807, 2.05) is 6.07 Å². The Hall–Kier alpha value is -1.16. The smallest absolute Gasteiger partial charge is 0.131 e. The third-order valence-corrected chi connectivity index (χ3v) is 3.30. The first kappa shape index (κ1) is 10.0. The first-order chi connectivity index (χ1) is 7.81. The Labute approximate surface area is 95.2 Å². The van der Waals surface area contributed by atoms with Crippen LogP contribution in [-0.4, -0.2) is 23.2 Å². The van der Waals surface area contributed by atoms with Crippen molar-refractivity contribution >= 4 is 5.82 Å². The average Bonchev–Trinajstić information content (AvgIpc) is 2.98. The van der Waals surface area contributed by atoms with Gasteiger partial charge in [-0.1, -0.05) is 0 Å². The van der Waals surface area contributed by atoms with Crippen molar-refractivity contribution < 1.29 is 4.74 Å². The Morgan fingerprint density at radius 3 is 2.88 bits per heavy atom. The van der Waals surface area contributed by atoms with Gasteiger partial charge in [-0.3, -0.25) is 0 Å². The van der Waals surface area contributed by atoms with Crippen molar-refractivity contribution in [3.8, 4) is 0 Å². The van der Waals surface area contributed by atoms with Gasteiger partial charge in [0.25, 0.3) is 0 Å². The Morgan fingerprint density at radius 1 is 1.31 bits per heavy atom. The van der Waals surface area contributed by atoms with Crippen molar-refractivity contribution in [3.63, 3.8) is 0 Å². The van der Waals surface area contributed by atoms with Gasteiger partial charge in [0.2, 0.25) is 0 Å². The molecule has 0 radical (unpaired) electrons. The van der Waals surface area contributed by atoms with Crippen molar-refractivity contribution in [2.75, 3.05) is 18.9 Å². The Kier molecular flexibility index (Phi) is 2.52. The molecule has 16 heavy (non-hydrogen) atoms. The maximum atomic E-state index is 5.82. The van der Waals surface area contributed by atoms with Crippen LogP contribution in [0.5, 0.6) is 0 Å². The fourth-order valence-corrected chi connectivity index (χ4v) is 2.22. The molecule has 0 spiro atoms. The lowest BCUT2D eigenvalue weighted by Gasteiger charge is -2.08. The van der Waals surface area contributed by atoms with Crippen molar-refractivity contribution in [2.24, 2.45) is 5.92 Å². The van der Waals surface area contributed by atoms with Gasteiger partial charge in [0.1, 0.15) is 11.6 Å². The van der Waals surface area contributed by atoms with Crippen molar-refractivity contribution in [1.82, 2.24) is 9.97 Å². The summed E-state index contributed by atoms with van der Waals surface area (Å²) in [6.45, 7) is 1.72. The molecule has 1 aliphatic carbocycles. The second kappa shape index (κ2) is 4.01. The topological polar surface area (TPSA) is 61.0 Å². The minimum Gasteiger partial charge on any atom is -0.384 e. The molecule has 3 rings (SSSR count). The average molecular weight is 219 g/mol. The highest BCUT2D eigenvalue weighted by molar-refractivity contribution is 5.32. The largest absolute Gasteiger partial charge is 0.384 e. The SMILES string of the molecule is Nc1cc(C2CC2)nc(CC2CCOC2)n1. The number of nitrogens with zero attached hydrogens (tertiary/aromatic N) is 2. The van der Waals surface area contributed by atoms with Crippen molar-refractivity contribution in [3.05, 3.63) is 17.6 Å². The van der Waals surface area contributed by atoms with E-state index in [-0.39, 0.29) is 0 Å². The standard InChI is InChI=1S/C12H17N3O/c13-11-6-10(9-1-2-9)14-12(15-11)5-8-3-4-16-7-8/h6,8-9H,1-5,7H2,(H2,13,14,15). The van der Waals surface area contributed by atoms with Gasteiger partial charge in [0, 0.05) is 37.3 Å². The lowest BCUT2D eigenvalue weighted by molar-refractivity contribution is 0.185. The monoisotopic (exact) mass is 219 g/mol. The third kappa shape index (κ3) is 2.16. The molecule has 1 aromatic heterocycles. The molecule has 86 valence electrons. The van der Waals surface area contributed by atoms with Crippen LogP contribution in [0.3, 0.4) is 0 Å². The van der Waals surface area contributed by atoms with Gasteiger partial charge in [-0.2, -0.15) is 0 Å². The zero-order chi connectivity index (χ0) is 11.0. The van der Waals surface area contributed by atoms with Gasteiger partial charge in [0.15, 0.2) is 0 Å². The Bertz CT molecular complexity index is 384. The van der Waals surface area contributed by atoms with Crippen LogP contribution in [0.1, 0.15) is 36.7 Å². The molecule has 1 saturated heterocycles. The Balaban J connectivity index is 1.76. The molecule has 0 amide bonds. The van der Waals surface area contributed by atoms with E-state index >= 15 is 0 Å². The molecule has 2 heterocycles. The van der Waals surface area contributed by atoms with Gasteiger partial charge in [-0.25, -0.2) is 9.97 Å². The first-order valence-electron chi connectivity index (χ1n) is 6.02. The van der Waals surface area contributed by atoms with E-state index < -0.39 is 0 Å². The van der Waals surface area contributed by atoms with E-state index in [2.05, 4.69) is 9.97 Å². The number of anilines is 1. The molecular weight excluding hydrogens is 202 g/mol. The van der Waals surface area contributed by atoms with Crippen molar-refractivity contribution in [2.45, 2.75) is 31.6 Å². The number of aromatic nitrogens is 2. The van der Waals surface area contributed by atoms with Gasteiger partial charge in [-0.15, -0.1) is 0 Å². The molecule has 2 fully saturated rings. The van der Waals surface area contributed by atoms with Crippen molar-refractivity contribution in [1.29, 1.82) is 0 Å². The molecular formula is C12H17N3O. The molecule has 1 unspecified atom stereocenters. The summed E-state index contributed by atoms with van der Waals surface area (Å²) in [4.78, 5) is 8.93. The minimum absolute atomic E-state index is 0.578. The maximum Gasteiger partial charge on any atom is 0.131 e. The number of ether oxygens (including phenoxy) is 1. The van der Waals surface area contributed by atoms with Crippen LogP contribution < -0.4 is 5.73 Å². The van der Waals surface area contributed by atoms with Crippen LogP contribution in [0.25, 0.3) is 0 Å². The second-order valence-corrected chi connectivity index (χ2v) is 4.84. The quantitative estimate of drug-likeness (QED) is 0.837. The van der Waals surface area contributed by atoms with Crippen LogP contribution in [0.4, 0.5) is 5.82 Å². The van der Waals surface area contributed by atoms with E-state index in [4.69, 9.17) is 10.5 Å². The molecule has 1 saturated carbocycles. The predicted octanol–water partition coefficient (Wildman–Crippen LogP) is 1.52.